The Hall–Kier alpha value is -2.02. The minimum Gasteiger partial charge on any atom is -0.508 e. The smallest absolute Gasteiger partial charge is 0.115 e. The predicted molar refractivity (Wildman–Crippen MR) is 241 cm³/mol. The second-order valence-corrected chi connectivity index (χ2v) is 18.6. The van der Waals surface area contributed by atoms with Gasteiger partial charge in [0.1, 0.15) is 5.75 Å². The predicted octanol–water partition coefficient (Wildman–Crippen LogP) is 18.2. The maximum absolute atomic E-state index is 8.63. The number of hydrogen-bond donors (Lipinski definition) is 1. The zero-order valence-corrected chi connectivity index (χ0v) is 36.1. The van der Waals surface area contributed by atoms with E-state index in [-0.39, 0.29) is 0 Å². The molecule has 0 aliphatic heterocycles. The summed E-state index contributed by atoms with van der Waals surface area (Å²) in [4.78, 5) is 0. The fourth-order valence-corrected chi connectivity index (χ4v) is 11.1. The van der Waals surface area contributed by atoms with Crippen LogP contribution in [0.3, 0.4) is 0 Å². The molecule has 55 heavy (non-hydrogen) atoms. The number of allylic oxidation sites excluding steroid dienone is 8. The van der Waals surface area contributed by atoms with Crippen molar-refractivity contribution in [2.45, 2.75) is 257 Å². The highest BCUT2D eigenvalue weighted by Crippen LogP contribution is 2.36. The Morgan fingerprint density at radius 1 is 0.200 bits per heavy atom. The summed E-state index contributed by atoms with van der Waals surface area (Å²) >= 11 is 0. The summed E-state index contributed by atoms with van der Waals surface area (Å²) in [6, 6.07) is 8.71. The Balaban J connectivity index is 0.000000133. The molecule has 0 radical (unpaired) electrons. The number of hydrogen-bond acceptors (Lipinski definition) is 1. The second-order valence-electron chi connectivity index (χ2n) is 18.6. The molecule has 9 rings (SSSR count). The molecule has 0 saturated heterocycles. The van der Waals surface area contributed by atoms with Crippen molar-refractivity contribution in [2.24, 2.45) is 0 Å². The average molecular weight is 751 g/mol. The molecule has 8 fully saturated rings. The first-order valence-electron chi connectivity index (χ1n) is 24.8. The number of para-hydroxylation sites is 1. The van der Waals surface area contributed by atoms with Crippen molar-refractivity contribution < 1.29 is 5.11 Å². The lowest BCUT2D eigenvalue weighted by Crippen LogP contribution is -2.02. The zero-order chi connectivity index (χ0) is 38.0. The summed E-state index contributed by atoms with van der Waals surface area (Å²) in [5.41, 5.74) is 14.9. The van der Waals surface area contributed by atoms with Crippen LogP contribution >= 0.6 is 0 Å². The average Bonchev–Trinajstić information content (AvgIpc) is 3.30. The Bertz CT molecular complexity index is 1010. The van der Waals surface area contributed by atoms with Gasteiger partial charge in [-0.1, -0.05) is 114 Å². The van der Waals surface area contributed by atoms with Crippen molar-refractivity contribution in [3.8, 4) is 5.75 Å². The SMILES string of the molecule is C1CCC(=C2CCCCC2)CC1.C1CCC(=C2CCCCC2)CC1.C1CCC(=C2CCCCC2)CC1.C1CCC(=C2CCCCC2)CC1.Oc1ccccc1. The van der Waals surface area contributed by atoms with Gasteiger partial charge in [0.25, 0.3) is 0 Å². The third-order valence-corrected chi connectivity index (χ3v) is 14.4. The summed E-state index contributed by atoms with van der Waals surface area (Å²) in [5.74, 6) is 0.322. The van der Waals surface area contributed by atoms with Gasteiger partial charge in [-0.2, -0.15) is 0 Å². The van der Waals surface area contributed by atoms with Crippen LogP contribution in [0.2, 0.25) is 0 Å². The summed E-state index contributed by atoms with van der Waals surface area (Å²) < 4.78 is 0. The van der Waals surface area contributed by atoms with Gasteiger partial charge in [0.05, 0.1) is 0 Å². The first-order chi connectivity index (χ1) is 27.3. The molecule has 0 unspecified atom stereocenters. The van der Waals surface area contributed by atoms with Gasteiger partial charge in [0.15, 0.2) is 0 Å². The highest BCUT2D eigenvalue weighted by molar-refractivity contribution is 5.20. The highest BCUT2D eigenvalue weighted by Gasteiger charge is 2.16. The lowest BCUT2D eigenvalue weighted by Gasteiger charge is -2.22. The largest absolute Gasteiger partial charge is 0.508 e. The van der Waals surface area contributed by atoms with Crippen LogP contribution < -0.4 is 0 Å². The van der Waals surface area contributed by atoms with Crippen molar-refractivity contribution in [3.05, 3.63) is 74.9 Å². The Kier molecular flexibility index (Phi) is 22.1. The fourth-order valence-electron chi connectivity index (χ4n) is 11.1. The maximum Gasteiger partial charge on any atom is 0.115 e. The normalized spacial score (nSPS) is 23.8. The molecule has 0 heterocycles. The summed E-state index contributed by atoms with van der Waals surface area (Å²) in [6.07, 6.45) is 58.4. The standard InChI is InChI=1S/4C12H20.C6H6O/c4*1-3-7-11(8-4-1)12-9-5-2-6-10-12;7-6-4-2-1-3-5-6/h4*1-10H2;1-5,7H. The Morgan fingerprint density at radius 3 is 0.455 bits per heavy atom. The van der Waals surface area contributed by atoms with E-state index >= 15 is 0 Å². The first kappa shape index (κ1) is 44.1. The van der Waals surface area contributed by atoms with E-state index in [9.17, 15) is 0 Å². The molecule has 0 aromatic heterocycles. The van der Waals surface area contributed by atoms with Crippen LogP contribution in [0.15, 0.2) is 74.9 Å². The van der Waals surface area contributed by atoms with Gasteiger partial charge < -0.3 is 5.11 Å². The van der Waals surface area contributed by atoms with Gasteiger partial charge in [0.2, 0.25) is 0 Å². The Labute approximate surface area is 341 Å². The number of phenolic OH excluding ortho intramolecular Hbond substituents is 1. The van der Waals surface area contributed by atoms with Crippen molar-refractivity contribution in [1.82, 2.24) is 0 Å². The van der Waals surface area contributed by atoms with Gasteiger partial charge in [-0.3, -0.25) is 0 Å². The topological polar surface area (TPSA) is 20.2 Å². The number of benzene rings is 1. The van der Waals surface area contributed by atoms with Gasteiger partial charge in [-0.15, -0.1) is 0 Å². The third-order valence-electron chi connectivity index (χ3n) is 14.4. The van der Waals surface area contributed by atoms with Gasteiger partial charge in [-0.05, 0) is 218 Å². The van der Waals surface area contributed by atoms with Gasteiger partial charge in [-0.25, -0.2) is 0 Å². The third kappa shape index (κ3) is 17.6. The minimum absolute atomic E-state index is 0.322. The molecule has 8 saturated carbocycles. The van der Waals surface area contributed by atoms with E-state index in [1.807, 2.05) is 50.7 Å². The van der Waals surface area contributed by atoms with Crippen molar-refractivity contribution in [3.63, 3.8) is 0 Å². The van der Waals surface area contributed by atoms with E-state index in [1.165, 1.54) is 257 Å². The van der Waals surface area contributed by atoms with Gasteiger partial charge in [0, 0.05) is 0 Å². The van der Waals surface area contributed by atoms with Crippen LogP contribution in [0.25, 0.3) is 0 Å². The summed E-state index contributed by atoms with van der Waals surface area (Å²) in [6.45, 7) is 0. The van der Waals surface area contributed by atoms with E-state index in [4.69, 9.17) is 5.11 Å². The quantitative estimate of drug-likeness (QED) is 0.262. The molecule has 0 atom stereocenters. The van der Waals surface area contributed by atoms with E-state index < -0.39 is 0 Å². The molecule has 8 aliphatic carbocycles. The molecule has 1 aromatic rings. The molecular weight excluding hydrogens is 665 g/mol. The van der Waals surface area contributed by atoms with Crippen molar-refractivity contribution in [1.29, 1.82) is 0 Å². The van der Waals surface area contributed by atoms with Crippen LogP contribution in [-0.2, 0) is 0 Å². The molecule has 1 nitrogen and oxygen atoms in total. The molecule has 1 N–H and O–H groups in total. The molecule has 1 aromatic carbocycles. The minimum atomic E-state index is 0.322. The highest BCUT2D eigenvalue weighted by atomic mass is 16.3. The molecule has 308 valence electrons. The number of phenols is 1. The molecule has 0 amide bonds. The number of rotatable bonds is 0. The fraction of sp³-hybridized carbons (Fsp3) is 0.741. The van der Waals surface area contributed by atoms with Crippen LogP contribution in [0.4, 0.5) is 0 Å². The molecule has 8 aliphatic rings. The van der Waals surface area contributed by atoms with Gasteiger partial charge >= 0.3 is 0 Å². The van der Waals surface area contributed by atoms with E-state index in [0.717, 1.165) is 0 Å². The monoisotopic (exact) mass is 751 g/mol. The Morgan fingerprint density at radius 2 is 0.345 bits per heavy atom. The lowest BCUT2D eigenvalue weighted by atomic mass is 9.84. The number of aromatic hydroxyl groups is 1. The van der Waals surface area contributed by atoms with E-state index in [2.05, 4.69) is 0 Å². The molecule has 0 bridgehead atoms. The van der Waals surface area contributed by atoms with Crippen LogP contribution in [0.1, 0.15) is 257 Å². The van der Waals surface area contributed by atoms with E-state index in [0.29, 0.717) is 5.75 Å². The van der Waals surface area contributed by atoms with Crippen LogP contribution in [-0.4, -0.2) is 5.11 Å². The maximum atomic E-state index is 8.63. The molecular formula is C54H86O. The molecule has 0 spiro atoms. The van der Waals surface area contributed by atoms with Crippen LogP contribution in [0, 0.1) is 0 Å². The first-order valence-corrected chi connectivity index (χ1v) is 24.8. The van der Waals surface area contributed by atoms with Crippen molar-refractivity contribution >= 4 is 0 Å². The molecule has 1 heteroatoms. The van der Waals surface area contributed by atoms with Crippen molar-refractivity contribution in [2.75, 3.05) is 0 Å². The summed E-state index contributed by atoms with van der Waals surface area (Å²) in [5, 5.41) is 8.63. The second kappa shape index (κ2) is 27.6. The van der Waals surface area contributed by atoms with Crippen LogP contribution in [0.5, 0.6) is 5.75 Å². The lowest BCUT2D eigenvalue weighted by molar-refractivity contribution is 0.475. The zero-order valence-electron chi connectivity index (χ0n) is 36.1. The van der Waals surface area contributed by atoms with E-state index in [1.54, 1.807) is 24.3 Å². The summed E-state index contributed by atoms with van der Waals surface area (Å²) in [7, 11) is 0.